The number of nitrogens with one attached hydrogen (secondary N) is 1. The van der Waals surface area contributed by atoms with E-state index in [1.165, 1.54) is 21.9 Å². The van der Waals surface area contributed by atoms with Crippen LogP contribution in [0.3, 0.4) is 0 Å². The van der Waals surface area contributed by atoms with Gasteiger partial charge in [0.25, 0.3) is 0 Å². The van der Waals surface area contributed by atoms with Gasteiger partial charge in [0.2, 0.25) is 5.91 Å². The quantitative estimate of drug-likeness (QED) is 0.645. The molecular formula is C22H25N5O3. The van der Waals surface area contributed by atoms with Gasteiger partial charge in [0, 0.05) is 31.9 Å². The highest BCUT2D eigenvalue weighted by Crippen LogP contribution is 2.34. The number of nitroso groups, excluding NO2 is 1. The molecule has 3 aromatic rings. The average Bonchev–Trinajstić information content (AvgIpc) is 3.11. The molecule has 0 aliphatic carbocycles. The SMILES string of the molecule is CC(C)c1cc(C2=NNCC(=O)N2C)c(O)cc1N=O.Cn1ccc2ccccc21. The zero-order valence-corrected chi connectivity index (χ0v) is 17.5. The third-order valence-electron chi connectivity index (χ3n) is 5.01. The zero-order chi connectivity index (χ0) is 21.8. The van der Waals surface area contributed by atoms with Crippen molar-refractivity contribution < 1.29 is 9.90 Å². The van der Waals surface area contributed by atoms with E-state index in [4.69, 9.17) is 0 Å². The summed E-state index contributed by atoms with van der Waals surface area (Å²) in [6, 6.07) is 13.4. The Bertz CT molecular complexity index is 1120. The maximum Gasteiger partial charge on any atom is 0.248 e. The minimum atomic E-state index is -0.155. The Hall–Kier alpha value is -3.68. The molecular weight excluding hydrogens is 382 g/mol. The number of benzene rings is 2. The first-order chi connectivity index (χ1) is 14.3. The minimum Gasteiger partial charge on any atom is -0.507 e. The van der Waals surface area contributed by atoms with Crippen molar-refractivity contribution in [2.45, 2.75) is 19.8 Å². The van der Waals surface area contributed by atoms with Gasteiger partial charge in [0.05, 0.1) is 5.56 Å². The highest BCUT2D eigenvalue weighted by molar-refractivity contribution is 6.10. The average molecular weight is 407 g/mol. The summed E-state index contributed by atoms with van der Waals surface area (Å²) in [5.74, 6) is 0.0856. The number of rotatable bonds is 3. The Morgan fingerprint density at radius 3 is 2.57 bits per heavy atom. The van der Waals surface area contributed by atoms with Gasteiger partial charge in [-0.15, -0.1) is 4.91 Å². The largest absolute Gasteiger partial charge is 0.507 e. The maximum atomic E-state index is 11.7. The van der Waals surface area contributed by atoms with E-state index in [1.54, 1.807) is 13.1 Å². The molecule has 8 nitrogen and oxygen atoms in total. The Morgan fingerprint density at radius 2 is 1.90 bits per heavy atom. The number of nitrogens with zero attached hydrogens (tertiary/aromatic N) is 4. The summed E-state index contributed by atoms with van der Waals surface area (Å²) in [5.41, 5.74) is 5.20. The molecule has 2 N–H and O–H groups in total. The minimum absolute atomic E-state index is 0.0557. The second-order valence-corrected chi connectivity index (χ2v) is 7.38. The Kier molecular flexibility index (Phi) is 6.15. The highest BCUT2D eigenvalue weighted by atomic mass is 16.3. The molecule has 1 aliphatic heterocycles. The van der Waals surface area contributed by atoms with Crippen LogP contribution in [0.5, 0.6) is 5.75 Å². The Morgan fingerprint density at radius 1 is 1.17 bits per heavy atom. The lowest BCUT2D eigenvalue weighted by Gasteiger charge is -2.25. The Balaban J connectivity index is 0.000000212. The summed E-state index contributed by atoms with van der Waals surface area (Å²) in [5, 5.41) is 18.3. The number of hydrazone groups is 1. The van der Waals surface area contributed by atoms with Gasteiger partial charge >= 0.3 is 0 Å². The van der Waals surface area contributed by atoms with Gasteiger partial charge < -0.3 is 9.67 Å². The third kappa shape index (κ3) is 4.17. The summed E-state index contributed by atoms with van der Waals surface area (Å²) < 4.78 is 2.12. The number of phenols is 1. The van der Waals surface area contributed by atoms with Crippen LogP contribution in [0.15, 0.2) is 58.9 Å². The van der Waals surface area contributed by atoms with E-state index >= 15 is 0 Å². The van der Waals surface area contributed by atoms with Crippen LogP contribution in [0.4, 0.5) is 5.69 Å². The number of carbonyl (C=O) groups is 1. The molecule has 0 spiro atoms. The summed E-state index contributed by atoms with van der Waals surface area (Å²) >= 11 is 0. The first kappa shape index (κ1) is 21.0. The maximum absolute atomic E-state index is 11.7. The summed E-state index contributed by atoms with van der Waals surface area (Å²) in [4.78, 5) is 23.8. The molecule has 1 aliphatic rings. The van der Waals surface area contributed by atoms with Gasteiger partial charge in [-0.2, -0.15) is 5.10 Å². The fourth-order valence-electron chi connectivity index (χ4n) is 3.27. The first-order valence-corrected chi connectivity index (χ1v) is 9.61. The number of fused-ring (bicyclic) bond motifs is 1. The lowest BCUT2D eigenvalue weighted by Crippen LogP contribution is -2.44. The van der Waals surface area contributed by atoms with Crippen molar-refractivity contribution in [1.82, 2.24) is 14.9 Å². The number of aromatic nitrogens is 1. The van der Waals surface area contributed by atoms with Crippen LogP contribution in [0.2, 0.25) is 0 Å². The number of aromatic hydroxyl groups is 1. The number of amides is 1. The van der Waals surface area contributed by atoms with E-state index < -0.39 is 0 Å². The van der Waals surface area contributed by atoms with Crippen molar-refractivity contribution in [3.8, 4) is 5.75 Å². The van der Waals surface area contributed by atoms with Crippen LogP contribution in [-0.4, -0.2) is 39.9 Å². The smallest absolute Gasteiger partial charge is 0.248 e. The van der Waals surface area contributed by atoms with Crippen molar-refractivity contribution >= 4 is 28.3 Å². The van der Waals surface area contributed by atoms with Crippen molar-refractivity contribution in [1.29, 1.82) is 0 Å². The molecule has 0 saturated carbocycles. The van der Waals surface area contributed by atoms with Crippen LogP contribution in [-0.2, 0) is 11.8 Å². The number of likely N-dealkylation sites (N-methyl/N-ethyl adjacent to an activating group) is 1. The monoisotopic (exact) mass is 407 g/mol. The molecule has 1 aromatic heterocycles. The van der Waals surface area contributed by atoms with Gasteiger partial charge in [-0.1, -0.05) is 32.0 Å². The molecule has 4 rings (SSSR count). The standard InChI is InChI=1S/C13H16N4O3.C9H9N/c1-7(2)8-4-9(11(18)5-10(8)16-20)13-15-14-6-12(19)17(13)3;1-10-7-6-8-4-2-3-5-9(8)10/h4-5,7,14,18H,6H2,1-3H3;2-7H,1H3. The molecule has 0 bridgehead atoms. The van der Waals surface area contributed by atoms with Crippen LogP contribution in [0.25, 0.3) is 10.9 Å². The molecule has 0 fully saturated rings. The molecule has 0 atom stereocenters. The van der Waals surface area contributed by atoms with Crippen molar-refractivity contribution in [3.05, 3.63) is 64.7 Å². The molecule has 30 heavy (non-hydrogen) atoms. The predicted octanol–water partition coefficient (Wildman–Crippen LogP) is 3.82. The van der Waals surface area contributed by atoms with E-state index in [2.05, 4.69) is 63.8 Å². The molecule has 0 unspecified atom stereocenters. The second-order valence-electron chi connectivity index (χ2n) is 7.38. The van der Waals surface area contributed by atoms with Crippen LogP contribution in [0.1, 0.15) is 30.9 Å². The molecule has 0 radical (unpaired) electrons. The molecule has 156 valence electrons. The first-order valence-electron chi connectivity index (χ1n) is 9.61. The lowest BCUT2D eigenvalue weighted by molar-refractivity contribution is -0.126. The van der Waals surface area contributed by atoms with Crippen LogP contribution < -0.4 is 5.43 Å². The number of aryl methyl sites for hydroxylation is 1. The summed E-state index contributed by atoms with van der Waals surface area (Å²) in [7, 11) is 3.64. The van der Waals surface area contributed by atoms with E-state index in [0.717, 1.165) is 0 Å². The van der Waals surface area contributed by atoms with Gasteiger partial charge in [-0.05, 0) is 40.2 Å². The van der Waals surface area contributed by atoms with Gasteiger partial charge in [0.15, 0.2) is 5.84 Å². The van der Waals surface area contributed by atoms with E-state index in [0.29, 0.717) is 17.0 Å². The number of amidine groups is 1. The van der Waals surface area contributed by atoms with Crippen LogP contribution in [0, 0.1) is 4.91 Å². The second kappa shape index (κ2) is 8.77. The van der Waals surface area contributed by atoms with Crippen molar-refractivity contribution in [2.24, 2.45) is 17.3 Å². The molecule has 2 aromatic carbocycles. The van der Waals surface area contributed by atoms with Crippen LogP contribution >= 0.6 is 0 Å². The van der Waals surface area contributed by atoms with E-state index in [1.807, 2.05) is 13.8 Å². The molecule has 8 heteroatoms. The number of phenolic OH excluding ortho intramolecular Hbond substituents is 1. The Labute approximate surface area is 174 Å². The number of hydrogen-bond donors (Lipinski definition) is 2. The summed E-state index contributed by atoms with van der Waals surface area (Å²) in [6.45, 7) is 3.95. The highest BCUT2D eigenvalue weighted by Gasteiger charge is 2.24. The zero-order valence-electron chi connectivity index (χ0n) is 17.5. The number of hydrogen-bond acceptors (Lipinski definition) is 6. The van der Waals surface area contributed by atoms with Gasteiger partial charge in [-0.25, -0.2) is 0 Å². The molecule has 1 amide bonds. The lowest BCUT2D eigenvalue weighted by atomic mass is 9.97. The summed E-state index contributed by atoms with van der Waals surface area (Å²) in [6.07, 6.45) is 2.07. The molecule has 2 heterocycles. The topological polar surface area (TPSA) is 99.3 Å². The van der Waals surface area contributed by atoms with Crippen molar-refractivity contribution in [2.75, 3.05) is 13.6 Å². The normalized spacial score (nSPS) is 13.6. The van der Waals surface area contributed by atoms with E-state index in [-0.39, 0.29) is 29.8 Å². The number of carbonyl (C=O) groups excluding carboxylic acids is 1. The molecule has 0 saturated heterocycles. The van der Waals surface area contributed by atoms with Gasteiger partial charge in [0.1, 0.15) is 18.0 Å². The number of para-hydroxylation sites is 1. The van der Waals surface area contributed by atoms with E-state index in [9.17, 15) is 14.8 Å². The fraction of sp³-hybridized carbons (Fsp3) is 0.273. The predicted molar refractivity (Wildman–Crippen MR) is 118 cm³/mol. The van der Waals surface area contributed by atoms with Gasteiger partial charge in [-0.3, -0.25) is 15.1 Å². The van der Waals surface area contributed by atoms with Crippen molar-refractivity contribution in [3.63, 3.8) is 0 Å². The fourth-order valence-corrected chi connectivity index (χ4v) is 3.27. The third-order valence-corrected chi connectivity index (χ3v) is 5.01.